The molecule has 0 aliphatic heterocycles. The zero-order chi connectivity index (χ0) is 20.5. The summed E-state index contributed by atoms with van der Waals surface area (Å²) in [7, 11) is 0. The smallest absolute Gasteiger partial charge is 0.381 e. The van der Waals surface area contributed by atoms with Gasteiger partial charge < -0.3 is 15.0 Å². The quantitative estimate of drug-likeness (QED) is 0.714. The SMILES string of the molecule is Cc1ccc2c(ccn2CC(O)C(=O)Nc2ccc(C#N)c(C(F)(F)F)c2)c1. The zero-order valence-corrected chi connectivity index (χ0v) is 14.8. The number of aromatic nitrogens is 1. The molecular formula is C20H16F3N3O2. The first-order valence-electron chi connectivity index (χ1n) is 8.35. The summed E-state index contributed by atoms with van der Waals surface area (Å²) in [5.74, 6) is -0.841. The Bertz CT molecular complexity index is 1080. The molecular weight excluding hydrogens is 371 g/mol. The first-order valence-corrected chi connectivity index (χ1v) is 8.35. The number of carbonyl (C=O) groups is 1. The average Bonchev–Trinajstić information content (AvgIpc) is 3.02. The normalized spacial score (nSPS) is 12.6. The van der Waals surface area contributed by atoms with Crippen LogP contribution in [0.25, 0.3) is 10.9 Å². The summed E-state index contributed by atoms with van der Waals surface area (Å²) in [5.41, 5.74) is 0.0672. The Morgan fingerprint density at radius 1 is 1.25 bits per heavy atom. The van der Waals surface area contributed by atoms with Crippen molar-refractivity contribution in [1.29, 1.82) is 5.26 Å². The zero-order valence-electron chi connectivity index (χ0n) is 14.8. The lowest BCUT2D eigenvalue weighted by molar-refractivity contribution is -0.137. The molecule has 8 heteroatoms. The van der Waals surface area contributed by atoms with E-state index >= 15 is 0 Å². The van der Waals surface area contributed by atoms with Gasteiger partial charge in [-0.05, 0) is 48.7 Å². The van der Waals surface area contributed by atoms with Crippen molar-refractivity contribution in [3.8, 4) is 6.07 Å². The van der Waals surface area contributed by atoms with E-state index in [2.05, 4.69) is 5.32 Å². The van der Waals surface area contributed by atoms with E-state index in [-0.39, 0.29) is 12.2 Å². The number of fused-ring (bicyclic) bond motifs is 1. The summed E-state index contributed by atoms with van der Waals surface area (Å²) < 4.78 is 40.8. The van der Waals surface area contributed by atoms with E-state index in [0.717, 1.165) is 22.5 Å². The molecule has 1 heterocycles. The molecule has 0 bridgehead atoms. The third-order valence-electron chi connectivity index (χ3n) is 4.31. The van der Waals surface area contributed by atoms with Gasteiger partial charge in [0.2, 0.25) is 0 Å². The van der Waals surface area contributed by atoms with Gasteiger partial charge in [-0.3, -0.25) is 4.79 Å². The first kappa shape index (κ1) is 19.5. The minimum Gasteiger partial charge on any atom is -0.381 e. The number of aliphatic hydroxyl groups excluding tert-OH is 1. The molecule has 3 rings (SSSR count). The highest BCUT2D eigenvalue weighted by molar-refractivity contribution is 5.94. The maximum atomic E-state index is 13.0. The summed E-state index contributed by atoms with van der Waals surface area (Å²) in [4.78, 5) is 12.2. The minimum atomic E-state index is -4.73. The number of nitrogens with one attached hydrogen (secondary N) is 1. The van der Waals surface area contributed by atoms with Gasteiger partial charge in [0.05, 0.1) is 23.7 Å². The Hall–Kier alpha value is -3.31. The summed E-state index contributed by atoms with van der Waals surface area (Å²) in [6, 6.07) is 11.9. The second kappa shape index (κ2) is 7.37. The Balaban J connectivity index is 1.76. The van der Waals surface area contributed by atoms with E-state index in [4.69, 9.17) is 5.26 Å². The van der Waals surface area contributed by atoms with Gasteiger partial charge >= 0.3 is 6.18 Å². The van der Waals surface area contributed by atoms with E-state index in [9.17, 15) is 23.1 Å². The molecule has 1 unspecified atom stereocenters. The monoisotopic (exact) mass is 387 g/mol. The summed E-state index contributed by atoms with van der Waals surface area (Å²) in [6.07, 6.45) is -4.47. The molecule has 0 radical (unpaired) electrons. The molecule has 2 N–H and O–H groups in total. The molecule has 2 aromatic carbocycles. The van der Waals surface area contributed by atoms with Crippen molar-refractivity contribution in [2.45, 2.75) is 25.7 Å². The number of benzene rings is 2. The molecule has 1 amide bonds. The van der Waals surface area contributed by atoms with Crippen LogP contribution >= 0.6 is 0 Å². The molecule has 0 fully saturated rings. The van der Waals surface area contributed by atoms with Crippen LogP contribution in [0.1, 0.15) is 16.7 Å². The van der Waals surface area contributed by atoms with Gasteiger partial charge in [-0.15, -0.1) is 0 Å². The van der Waals surface area contributed by atoms with E-state index in [1.165, 1.54) is 12.1 Å². The highest BCUT2D eigenvalue weighted by Crippen LogP contribution is 2.33. The minimum absolute atomic E-state index is 0.0548. The first-order chi connectivity index (χ1) is 13.2. The highest BCUT2D eigenvalue weighted by atomic mass is 19.4. The van der Waals surface area contributed by atoms with Crippen molar-refractivity contribution in [3.63, 3.8) is 0 Å². The van der Waals surface area contributed by atoms with Gasteiger partial charge in [-0.2, -0.15) is 18.4 Å². The topological polar surface area (TPSA) is 78.1 Å². The molecule has 3 aromatic rings. The Morgan fingerprint density at radius 2 is 2.00 bits per heavy atom. The molecule has 0 spiro atoms. The number of nitrogens with zero attached hydrogens (tertiary/aromatic N) is 2. The fraction of sp³-hybridized carbons (Fsp3) is 0.200. The predicted molar refractivity (Wildman–Crippen MR) is 97.5 cm³/mol. The van der Waals surface area contributed by atoms with Crippen molar-refractivity contribution >= 4 is 22.5 Å². The van der Waals surface area contributed by atoms with Crippen molar-refractivity contribution in [3.05, 3.63) is 65.4 Å². The number of anilines is 1. The van der Waals surface area contributed by atoms with Crippen LogP contribution in [0, 0.1) is 18.3 Å². The van der Waals surface area contributed by atoms with Crippen LogP contribution in [-0.4, -0.2) is 21.7 Å². The molecule has 0 saturated carbocycles. The number of hydrogen-bond acceptors (Lipinski definition) is 3. The fourth-order valence-electron chi connectivity index (χ4n) is 2.93. The number of amides is 1. The molecule has 0 aliphatic rings. The van der Waals surface area contributed by atoms with Gasteiger partial charge in [-0.25, -0.2) is 0 Å². The van der Waals surface area contributed by atoms with Gasteiger partial charge in [-0.1, -0.05) is 11.6 Å². The van der Waals surface area contributed by atoms with Crippen molar-refractivity contribution in [2.24, 2.45) is 0 Å². The number of halogens is 3. The standard InChI is InChI=1S/C20H16F3N3O2/c1-12-2-5-17-13(8-12)6-7-26(17)11-18(27)19(28)25-15-4-3-14(10-24)16(9-15)20(21,22)23/h2-9,18,27H,11H2,1H3,(H,25,28). The number of nitriles is 1. The van der Waals surface area contributed by atoms with Crippen LogP contribution < -0.4 is 5.32 Å². The molecule has 0 saturated heterocycles. The Kier molecular flexibility index (Phi) is 5.12. The third kappa shape index (κ3) is 4.00. The number of rotatable bonds is 4. The van der Waals surface area contributed by atoms with Crippen LogP contribution in [0.5, 0.6) is 0 Å². The van der Waals surface area contributed by atoms with Crippen molar-refractivity contribution in [1.82, 2.24) is 4.57 Å². The van der Waals surface area contributed by atoms with E-state index in [1.807, 2.05) is 31.2 Å². The van der Waals surface area contributed by atoms with Crippen LogP contribution in [0.15, 0.2) is 48.7 Å². The van der Waals surface area contributed by atoms with Gasteiger partial charge in [0.15, 0.2) is 6.10 Å². The van der Waals surface area contributed by atoms with Crippen LogP contribution in [0.2, 0.25) is 0 Å². The number of aliphatic hydroxyl groups is 1. The summed E-state index contributed by atoms with van der Waals surface area (Å²) in [6.45, 7) is 1.90. The van der Waals surface area contributed by atoms with Crippen LogP contribution in [-0.2, 0) is 17.5 Å². The molecule has 1 aromatic heterocycles. The molecule has 5 nitrogen and oxygen atoms in total. The largest absolute Gasteiger partial charge is 0.417 e. The molecule has 0 aliphatic carbocycles. The lowest BCUT2D eigenvalue weighted by atomic mass is 10.1. The maximum Gasteiger partial charge on any atom is 0.417 e. The second-order valence-electron chi connectivity index (χ2n) is 6.41. The van der Waals surface area contributed by atoms with Gasteiger partial charge in [0, 0.05) is 17.4 Å². The third-order valence-corrected chi connectivity index (χ3v) is 4.31. The van der Waals surface area contributed by atoms with Gasteiger partial charge in [0.1, 0.15) is 0 Å². The van der Waals surface area contributed by atoms with E-state index in [0.29, 0.717) is 6.07 Å². The van der Waals surface area contributed by atoms with Crippen LogP contribution in [0.4, 0.5) is 18.9 Å². The Morgan fingerprint density at radius 3 is 2.68 bits per heavy atom. The maximum absolute atomic E-state index is 13.0. The number of aryl methyl sites for hydroxylation is 1. The lowest BCUT2D eigenvalue weighted by Crippen LogP contribution is -2.31. The van der Waals surface area contributed by atoms with Crippen molar-refractivity contribution < 1.29 is 23.1 Å². The fourth-order valence-corrected chi connectivity index (χ4v) is 2.93. The molecule has 28 heavy (non-hydrogen) atoms. The number of hydrogen-bond donors (Lipinski definition) is 2. The number of alkyl halides is 3. The van der Waals surface area contributed by atoms with E-state index in [1.54, 1.807) is 10.8 Å². The van der Waals surface area contributed by atoms with Crippen LogP contribution in [0.3, 0.4) is 0 Å². The molecule has 1 atom stereocenters. The lowest BCUT2D eigenvalue weighted by Gasteiger charge is -2.15. The predicted octanol–water partition coefficient (Wildman–Crippen LogP) is 3.84. The summed E-state index contributed by atoms with van der Waals surface area (Å²) >= 11 is 0. The Labute approximate surface area is 158 Å². The number of carbonyl (C=O) groups excluding carboxylic acids is 1. The highest BCUT2D eigenvalue weighted by Gasteiger charge is 2.34. The summed E-state index contributed by atoms with van der Waals surface area (Å²) in [5, 5.41) is 22.2. The molecule has 144 valence electrons. The van der Waals surface area contributed by atoms with E-state index < -0.39 is 29.3 Å². The van der Waals surface area contributed by atoms with Crippen molar-refractivity contribution in [2.75, 3.05) is 5.32 Å². The average molecular weight is 387 g/mol. The van der Waals surface area contributed by atoms with Gasteiger partial charge in [0.25, 0.3) is 5.91 Å². The second-order valence-corrected chi connectivity index (χ2v) is 6.41.